The van der Waals surface area contributed by atoms with E-state index in [1.165, 1.54) is 36.1 Å². The van der Waals surface area contributed by atoms with Gasteiger partial charge in [-0.3, -0.25) is 4.79 Å². The second kappa shape index (κ2) is 16.7. The van der Waals surface area contributed by atoms with Crippen LogP contribution in [-0.4, -0.2) is 58.4 Å². The number of primary amides is 1. The summed E-state index contributed by atoms with van der Waals surface area (Å²) in [4.78, 5) is 17.2. The molecule has 1 unspecified atom stereocenters. The lowest BCUT2D eigenvalue weighted by molar-refractivity contribution is -0.121. The van der Waals surface area contributed by atoms with Crippen LogP contribution < -0.4 is 15.5 Å². The number of rotatable bonds is 9. The zero-order chi connectivity index (χ0) is 28.8. The maximum Gasteiger partial charge on any atom is 0.237 e. The number of hydrogen-bond acceptors (Lipinski definition) is 4. The van der Waals surface area contributed by atoms with E-state index < -0.39 is 21.6 Å². The van der Waals surface area contributed by atoms with Crippen molar-refractivity contribution in [1.82, 2.24) is 4.31 Å². The van der Waals surface area contributed by atoms with Crippen LogP contribution in [0.5, 0.6) is 0 Å². The number of amides is 1. The normalized spacial score (nSPS) is 17.8. The smallest absolute Gasteiger partial charge is 0.237 e. The number of carbonyl (C=O) groups is 1. The van der Waals surface area contributed by atoms with Gasteiger partial charge in [-0.1, -0.05) is 77.3 Å². The zero-order valence-corrected chi connectivity index (χ0v) is 26.1. The van der Waals surface area contributed by atoms with Crippen LogP contribution in [0.25, 0.3) is 0 Å². The molecule has 0 aliphatic carbocycles. The van der Waals surface area contributed by atoms with Crippen molar-refractivity contribution in [3.63, 3.8) is 0 Å². The molecule has 2 aromatic rings. The number of carbonyl (C=O) groups excluding carboxylic acids is 1. The quantitative estimate of drug-likeness (QED) is 0.380. The number of aryl methyl sites for hydroxylation is 2. The summed E-state index contributed by atoms with van der Waals surface area (Å²) in [6.07, 6.45) is 5.93. The molecule has 0 spiro atoms. The van der Waals surface area contributed by atoms with Gasteiger partial charge in [-0.05, 0) is 62.4 Å². The number of nitrogens with zero attached hydrogens (tertiary/aromatic N) is 3. The van der Waals surface area contributed by atoms with Gasteiger partial charge in [0.1, 0.15) is 15.7 Å². The predicted octanol–water partition coefficient (Wildman–Crippen LogP) is 6.09. The Bertz CT molecular complexity index is 994. The molecule has 218 valence electrons. The van der Waals surface area contributed by atoms with E-state index in [0.717, 1.165) is 25.2 Å². The molecule has 4 rings (SSSR count). The van der Waals surface area contributed by atoms with Crippen LogP contribution in [0.1, 0.15) is 77.8 Å². The molecule has 39 heavy (non-hydrogen) atoms. The summed E-state index contributed by atoms with van der Waals surface area (Å²) in [6.45, 7) is 16.6. The summed E-state index contributed by atoms with van der Waals surface area (Å²) in [7, 11) is -1.43. The van der Waals surface area contributed by atoms with E-state index in [9.17, 15) is 9.00 Å². The summed E-state index contributed by atoms with van der Waals surface area (Å²) in [5, 5.41) is 0. The number of piperidine rings is 1. The largest absolute Gasteiger partial charge is 0.371 e. The number of nitrogens with two attached hydrogens (primary N) is 1. The SMILES string of the molecule is CC.CC.CCCCCc1ccc(N2CCN(S(=O)C3(C(N)=O)CCN(c4ccc(C)cc4)CC3)CC2)cc1. The van der Waals surface area contributed by atoms with Crippen molar-refractivity contribution < 1.29 is 9.00 Å². The number of benzene rings is 2. The molecule has 1 amide bonds. The first-order valence-corrected chi connectivity index (χ1v) is 16.2. The molecule has 0 bridgehead atoms. The number of hydrogen-bond donors (Lipinski definition) is 1. The number of piperazine rings is 1. The van der Waals surface area contributed by atoms with Crippen LogP contribution in [0.15, 0.2) is 48.5 Å². The predicted molar refractivity (Wildman–Crippen MR) is 169 cm³/mol. The van der Waals surface area contributed by atoms with E-state index in [1.54, 1.807) is 0 Å². The molecule has 2 aliphatic rings. The Morgan fingerprint density at radius 3 is 1.77 bits per heavy atom. The highest BCUT2D eigenvalue weighted by atomic mass is 32.2. The molecule has 7 heteroatoms. The standard InChI is InChI=1S/C28H40N4O2S.2C2H6/c1-3-4-5-6-24-9-13-26(14-10-24)31-19-21-32(22-20-31)35(34)28(27(29)33)15-17-30(18-16-28)25-11-7-23(2)8-12-25;2*1-2/h7-14H,3-6,15-22H2,1-2H3,(H2,29,33);2*1-2H3. The van der Waals surface area contributed by atoms with Crippen molar-refractivity contribution in [3.05, 3.63) is 59.7 Å². The Labute approximate surface area is 240 Å². The third-order valence-electron chi connectivity index (χ3n) is 7.60. The first-order valence-electron chi connectivity index (χ1n) is 15.1. The summed E-state index contributed by atoms with van der Waals surface area (Å²) >= 11 is 0. The highest BCUT2D eigenvalue weighted by molar-refractivity contribution is 7.85. The lowest BCUT2D eigenvalue weighted by Gasteiger charge is -2.44. The molecule has 2 fully saturated rings. The molecule has 2 saturated heterocycles. The Balaban J connectivity index is 0.00000127. The molecule has 6 nitrogen and oxygen atoms in total. The van der Waals surface area contributed by atoms with Gasteiger partial charge in [0.05, 0.1) is 0 Å². The van der Waals surface area contributed by atoms with Gasteiger partial charge in [-0.15, -0.1) is 0 Å². The highest BCUT2D eigenvalue weighted by Gasteiger charge is 2.48. The summed E-state index contributed by atoms with van der Waals surface area (Å²) in [6, 6.07) is 17.3. The third kappa shape index (κ3) is 8.55. The fourth-order valence-corrected chi connectivity index (χ4v) is 6.89. The molecule has 2 aliphatic heterocycles. The molecule has 0 radical (unpaired) electrons. The molecular weight excluding hydrogens is 504 g/mol. The maximum absolute atomic E-state index is 13.7. The Morgan fingerprint density at radius 2 is 1.28 bits per heavy atom. The maximum atomic E-state index is 13.7. The van der Waals surface area contributed by atoms with Crippen LogP contribution in [0.2, 0.25) is 0 Å². The van der Waals surface area contributed by atoms with Gasteiger partial charge in [-0.25, -0.2) is 8.51 Å². The van der Waals surface area contributed by atoms with Crippen LogP contribution in [0, 0.1) is 6.92 Å². The van der Waals surface area contributed by atoms with Crippen molar-refractivity contribution in [2.45, 2.75) is 84.8 Å². The first kappa shape index (κ1) is 32.8. The summed E-state index contributed by atoms with van der Waals surface area (Å²) in [5.41, 5.74) is 10.9. The van der Waals surface area contributed by atoms with E-state index in [2.05, 4.69) is 72.2 Å². The second-order valence-corrected chi connectivity index (χ2v) is 11.8. The minimum atomic E-state index is -1.43. The highest BCUT2D eigenvalue weighted by Crippen LogP contribution is 2.33. The van der Waals surface area contributed by atoms with E-state index in [1.807, 2.05) is 32.0 Å². The van der Waals surface area contributed by atoms with Gasteiger partial charge in [-0.2, -0.15) is 0 Å². The van der Waals surface area contributed by atoms with E-state index in [-0.39, 0.29) is 0 Å². The van der Waals surface area contributed by atoms with Crippen molar-refractivity contribution in [2.24, 2.45) is 5.73 Å². The minimum absolute atomic E-state index is 0.430. The molecule has 0 saturated carbocycles. The zero-order valence-electron chi connectivity index (χ0n) is 25.2. The van der Waals surface area contributed by atoms with Crippen molar-refractivity contribution in [1.29, 1.82) is 0 Å². The summed E-state index contributed by atoms with van der Waals surface area (Å²) < 4.78 is 14.7. The second-order valence-electron chi connectivity index (χ2n) is 9.97. The van der Waals surface area contributed by atoms with Crippen molar-refractivity contribution in [3.8, 4) is 0 Å². The van der Waals surface area contributed by atoms with Gasteiger partial charge in [0, 0.05) is 50.6 Å². The van der Waals surface area contributed by atoms with Gasteiger partial charge in [0.2, 0.25) is 5.91 Å². The van der Waals surface area contributed by atoms with Gasteiger partial charge >= 0.3 is 0 Å². The molecule has 2 heterocycles. The number of anilines is 2. The molecule has 2 N–H and O–H groups in total. The monoisotopic (exact) mass is 556 g/mol. The molecular formula is C32H52N4O2S. The van der Waals surface area contributed by atoms with E-state index in [0.29, 0.717) is 39.0 Å². The molecule has 2 aromatic carbocycles. The Morgan fingerprint density at radius 1 is 0.795 bits per heavy atom. The van der Waals surface area contributed by atoms with Crippen LogP contribution >= 0.6 is 0 Å². The topological polar surface area (TPSA) is 69.9 Å². The van der Waals surface area contributed by atoms with Crippen LogP contribution in [-0.2, 0) is 22.2 Å². The van der Waals surface area contributed by atoms with Crippen molar-refractivity contribution >= 4 is 28.3 Å². The molecule has 1 atom stereocenters. The first-order chi connectivity index (χ1) is 18.9. The lowest BCUT2D eigenvalue weighted by Crippen LogP contribution is -2.60. The Kier molecular flexibility index (Phi) is 14.0. The van der Waals surface area contributed by atoms with Crippen LogP contribution in [0.4, 0.5) is 11.4 Å². The number of unbranched alkanes of at least 4 members (excludes halogenated alkanes) is 2. The van der Waals surface area contributed by atoms with Gasteiger partial charge < -0.3 is 15.5 Å². The van der Waals surface area contributed by atoms with E-state index >= 15 is 0 Å². The summed E-state index contributed by atoms with van der Waals surface area (Å²) in [5.74, 6) is -0.430. The van der Waals surface area contributed by atoms with Crippen molar-refractivity contribution in [2.75, 3.05) is 49.1 Å². The Hall–Kier alpha value is -2.38. The van der Waals surface area contributed by atoms with Gasteiger partial charge in [0.15, 0.2) is 0 Å². The minimum Gasteiger partial charge on any atom is -0.371 e. The fourth-order valence-electron chi connectivity index (χ4n) is 5.20. The molecule has 0 aromatic heterocycles. The average molecular weight is 557 g/mol. The van der Waals surface area contributed by atoms with E-state index in [4.69, 9.17) is 5.73 Å². The van der Waals surface area contributed by atoms with Crippen LogP contribution in [0.3, 0.4) is 0 Å². The van der Waals surface area contributed by atoms with Gasteiger partial charge in [0.25, 0.3) is 0 Å². The lowest BCUT2D eigenvalue weighted by atomic mass is 9.94. The fraction of sp³-hybridized carbons (Fsp3) is 0.594. The average Bonchev–Trinajstić information content (AvgIpc) is 3.00. The third-order valence-corrected chi connectivity index (χ3v) is 9.71.